The van der Waals surface area contributed by atoms with Gasteiger partial charge in [0.1, 0.15) is 12.1 Å². The molecule has 6 heteroatoms. The van der Waals surface area contributed by atoms with Crippen LogP contribution in [0.2, 0.25) is 0 Å². The molecule has 4 rings (SSSR count). The van der Waals surface area contributed by atoms with Gasteiger partial charge in [0.15, 0.2) is 0 Å². The first kappa shape index (κ1) is 16.3. The third-order valence-corrected chi connectivity index (χ3v) is 4.59. The van der Waals surface area contributed by atoms with Gasteiger partial charge in [0.05, 0.1) is 6.04 Å². The Balaban J connectivity index is 1.42. The van der Waals surface area contributed by atoms with Crippen molar-refractivity contribution in [1.29, 1.82) is 0 Å². The largest absolute Gasteiger partial charge is 0.334 e. The molecule has 0 aliphatic heterocycles. The standard InChI is InChI=1S/C20H21N5O/c26-20(24-18(16-8-9-16)15-5-2-1-3-6-15)23-13-17-7-4-10-22-19(17)25-12-11-21-14-25/h1-7,10-12,14,16,18H,8-9,13H2,(H2,23,24,26)/t18-/m0/s1. The normalized spacial score (nSPS) is 14.6. The molecule has 1 fully saturated rings. The third-order valence-electron chi connectivity index (χ3n) is 4.59. The number of amides is 2. The molecule has 1 aromatic carbocycles. The number of nitrogens with zero attached hydrogens (tertiary/aromatic N) is 3. The van der Waals surface area contributed by atoms with E-state index in [-0.39, 0.29) is 12.1 Å². The maximum Gasteiger partial charge on any atom is 0.315 e. The smallest absolute Gasteiger partial charge is 0.315 e. The minimum atomic E-state index is -0.161. The molecule has 0 spiro atoms. The highest BCUT2D eigenvalue weighted by molar-refractivity contribution is 5.74. The molecule has 0 radical (unpaired) electrons. The van der Waals surface area contributed by atoms with Crippen LogP contribution in [0.25, 0.3) is 5.82 Å². The van der Waals surface area contributed by atoms with E-state index in [1.165, 1.54) is 0 Å². The van der Waals surface area contributed by atoms with Crippen molar-refractivity contribution in [2.75, 3.05) is 0 Å². The second-order valence-electron chi connectivity index (χ2n) is 6.51. The molecule has 0 unspecified atom stereocenters. The van der Waals surface area contributed by atoms with Crippen molar-refractivity contribution in [3.63, 3.8) is 0 Å². The van der Waals surface area contributed by atoms with Crippen LogP contribution in [0.4, 0.5) is 4.79 Å². The molecular weight excluding hydrogens is 326 g/mol. The van der Waals surface area contributed by atoms with Crippen molar-refractivity contribution >= 4 is 6.03 Å². The molecule has 2 N–H and O–H groups in total. The lowest BCUT2D eigenvalue weighted by Crippen LogP contribution is -2.38. The molecule has 0 saturated heterocycles. The van der Waals surface area contributed by atoms with Crippen molar-refractivity contribution in [1.82, 2.24) is 25.2 Å². The highest BCUT2D eigenvalue weighted by Crippen LogP contribution is 2.40. The van der Waals surface area contributed by atoms with Crippen LogP contribution in [0.1, 0.15) is 30.0 Å². The topological polar surface area (TPSA) is 71.8 Å². The average molecular weight is 347 g/mol. The van der Waals surface area contributed by atoms with Gasteiger partial charge in [0.2, 0.25) is 0 Å². The average Bonchev–Trinajstić information content (AvgIpc) is 3.38. The van der Waals surface area contributed by atoms with Crippen molar-refractivity contribution in [2.24, 2.45) is 5.92 Å². The zero-order chi connectivity index (χ0) is 17.8. The molecule has 1 aliphatic carbocycles. The number of urea groups is 1. The maximum atomic E-state index is 12.5. The van der Waals surface area contributed by atoms with E-state index in [9.17, 15) is 4.79 Å². The van der Waals surface area contributed by atoms with E-state index in [0.717, 1.165) is 29.8 Å². The van der Waals surface area contributed by atoms with E-state index in [1.54, 1.807) is 18.7 Å². The van der Waals surface area contributed by atoms with E-state index in [0.29, 0.717) is 12.5 Å². The van der Waals surface area contributed by atoms with E-state index in [2.05, 4.69) is 32.7 Å². The number of pyridine rings is 1. The van der Waals surface area contributed by atoms with E-state index in [4.69, 9.17) is 0 Å². The lowest BCUT2D eigenvalue weighted by molar-refractivity contribution is 0.235. The maximum absolute atomic E-state index is 12.5. The van der Waals surface area contributed by atoms with Gasteiger partial charge in [-0.1, -0.05) is 36.4 Å². The van der Waals surface area contributed by atoms with Gasteiger partial charge in [0, 0.05) is 30.7 Å². The minimum absolute atomic E-state index is 0.0678. The third kappa shape index (κ3) is 3.74. The Morgan fingerprint density at radius 3 is 2.73 bits per heavy atom. The van der Waals surface area contributed by atoms with Gasteiger partial charge in [-0.25, -0.2) is 14.8 Å². The fourth-order valence-corrected chi connectivity index (χ4v) is 3.12. The Labute approximate surface area is 152 Å². The highest BCUT2D eigenvalue weighted by atomic mass is 16.2. The molecule has 132 valence electrons. The Morgan fingerprint density at radius 1 is 1.15 bits per heavy atom. The lowest BCUT2D eigenvalue weighted by Gasteiger charge is -2.19. The first-order valence-electron chi connectivity index (χ1n) is 8.83. The predicted octanol–water partition coefficient (Wildman–Crippen LogP) is 3.22. The summed E-state index contributed by atoms with van der Waals surface area (Å²) >= 11 is 0. The van der Waals surface area contributed by atoms with Crippen molar-refractivity contribution < 1.29 is 4.79 Å². The van der Waals surface area contributed by atoms with Crippen LogP contribution in [0.5, 0.6) is 0 Å². The summed E-state index contributed by atoms with van der Waals surface area (Å²) in [5.74, 6) is 1.30. The van der Waals surface area contributed by atoms with Gasteiger partial charge < -0.3 is 10.6 Å². The molecule has 26 heavy (non-hydrogen) atoms. The summed E-state index contributed by atoms with van der Waals surface area (Å²) in [6.07, 6.45) is 9.30. The van der Waals surface area contributed by atoms with Crippen LogP contribution in [0.15, 0.2) is 67.4 Å². The van der Waals surface area contributed by atoms with Gasteiger partial charge in [0.25, 0.3) is 0 Å². The monoisotopic (exact) mass is 347 g/mol. The van der Waals surface area contributed by atoms with E-state index >= 15 is 0 Å². The van der Waals surface area contributed by atoms with Crippen LogP contribution in [-0.4, -0.2) is 20.6 Å². The van der Waals surface area contributed by atoms with Crippen LogP contribution in [-0.2, 0) is 6.54 Å². The Morgan fingerprint density at radius 2 is 2.00 bits per heavy atom. The summed E-state index contributed by atoms with van der Waals surface area (Å²) in [7, 11) is 0. The van der Waals surface area contributed by atoms with Crippen LogP contribution in [0, 0.1) is 5.92 Å². The van der Waals surface area contributed by atoms with Crippen LogP contribution >= 0.6 is 0 Å². The number of hydrogen-bond acceptors (Lipinski definition) is 3. The number of carbonyl (C=O) groups excluding carboxylic acids is 1. The first-order valence-corrected chi connectivity index (χ1v) is 8.83. The van der Waals surface area contributed by atoms with E-state index < -0.39 is 0 Å². The lowest BCUT2D eigenvalue weighted by atomic mass is 10.0. The summed E-state index contributed by atoms with van der Waals surface area (Å²) in [4.78, 5) is 20.9. The zero-order valence-electron chi connectivity index (χ0n) is 14.4. The number of hydrogen-bond donors (Lipinski definition) is 2. The molecule has 1 atom stereocenters. The fraction of sp³-hybridized carbons (Fsp3) is 0.250. The van der Waals surface area contributed by atoms with Gasteiger partial charge in [-0.3, -0.25) is 4.57 Å². The summed E-state index contributed by atoms with van der Waals surface area (Å²) in [6.45, 7) is 0.402. The van der Waals surface area contributed by atoms with Crippen molar-refractivity contribution in [2.45, 2.75) is 25.4 Å². The molecule has 6 nitrogen and oxygen atoms in total. The van der Waals surface area contributed by atoms with Gasteiger partial charge >= 0.3 is 6.03 Å². The summed E-state index contributed by atoms with van der Waals surface area (Å²) in [6, 6.07) is 13.9. The second-order valence-corrected chi connectivity index (χ2v) is 6.51. The first-order chi connectivity index (χ1) is 12.8. The number of imidazole rings is 1. The highest BCUT2D eigenvalue weighted by Gasteiger charge is 2.33. The Hall–Kier alpha value is -3.15. The molecule has 3 aromatic rings. The van der Waals surface area contributed by atoms with E-state index in [1.807, 2.05) is 41.1 Å². The zero-order valence-corrected chi connectivity index (χ0v) is 14.4. The fourth-order valence-electron chi connectivity index (χ4n) is 3.12. The van der Waals surface area contributed by atoms with Gasteiger partial charge in [-0.05, 0) is 30.4 Å². The molecule has 2 amide bonds. The van der Waals surface area contributed by atoms with Crippen LogP contribution in [0.3, 0.4) is 0 Å². The van der Waals surface area contributed by atoms with Crippen molar-refractivity contribution in [3.05, 3.63) is 78.5 Å². The molecule has 1 aliphatic rings. The molecule has 0 bridgehead atoms. The molecule has 1 saturated carbocycles. The molecular formula is C20H21N5O. The Kier molecular flexibility index (Phi) is 4.64. The summed E-state index contributed by atoms with van der Waals surface area (Å²) < 4.78 is 1.84. The van der Waals surface area contributed by atoms with Crippen LogP contribution < -0.4 is 10.6 Å². The summed E-state index contributed by atoms with van der Waals surface area (Å²) in [5.41, 5.74) is 2.09. The minimum Gasteiger partial charge on any atom is -0.334 e. The SMILES string of the molecule is O=C(NCc1cccnc1-n1ccnc1)N[C@@H](c1ccccc1)C1CC1. The number of nitrogens with one attached hydrogen (secondary N) is 2. The van der Waals surface area contributed by atoms with Gasteiger partial charge in [-0.2, -0.15) is 0 Å². The van der Waals surface area contributed by atoms with Gasteiger partial charge in [-0.15, -0.1) is 0 Å². The number of rotatable bonds is 6. The molecule has 2 aromatic heterocycles. The van der Waals surface area contributed by atoms with Crippen molar-refractivity contribution in [3.8, 4) is 5.82 Å². The summed E-state index contributed by atoms with van der Waals surface area (Å²) in [5, 5.41) is 6.09. The quantitative estimate of drug-likeness (QED) is 0.719. The number of benzene rings is 1. The number of carbonyl (C=O) groups is 1. The molecule has 2 heterocycles. The Bertz CT molecular complexity index is 859. The second kappa shape index (κ2) is 7.39. The number of aromatic nitrogens is 3. The predicted molar refractivity (Wildman–Crippen MR) is 98.6 cm³/mol.